The van der Waals surface area contributed by atoms with Gasteiger partial charge in [-0.3, -0.25) is 0 Å². The van der Waals surface area contributed by atoms with Crippen molar-refractivity contribution in [3.63, 3.8) is 0 Å². The highest BCUT2D eigenvalue weighted by molar-refractivity contribution is 6.21. The number of fused-ring (bicyclic) bond motifs is 12. The van der Waals surface area contributed by atoms with E-state index in [4.69, 9.17) is 4.42 Å². The van der Waals surface area contributed by atoms with Crippen molar-refractivity contribution in [3.8, 4) is 39.3 Å². The van der Waals surface area contributed by atoms with E-state index in [1.807, 2.05) is 6.07 Å². The molecule has 4 heterocycles. The molecule has 298 valence electrons. The molecule has 0 aliphatic carbocycles. The first-order chi connectivity index (χ1) is 31.8. The van der Waals surface area contributed by atoms with Crippen molar-refractivity contribution in [2.24, 2.45) is 0 Å². The van der Waals surface area contributed by atoms with Crippen molar-refractivity contribution in [3.05, 3.63) is 224 Å². The third-order valence-corrected chi connectivity index (χ3v) is 13.4. The summed E-state index contributed by atoms with van der Waals surface area (Å²) < 4.78 is 13.6. The highest BCUT2D eigenvalue weighted by Crippen LogP contribution is 2.47. The molecule has 0 N–H and O–H groups in total. The Morgan fingerprint density at radius 3 is 1.44 bits per heavy atom. The quantitative estimate of drug-likeness (QED) is 0.170. The normalized spacial score (nSPS) is 12.1. The van der Waals surface area contributed by atoms with Crippen molar-refractivity contribution in [1.82, 2.24) is 13.7 Å². The fourth-order valence-electron chi connectivity index (χ4n) is 10.7. The molecule has 10 aromatic carbocycles. The Kier molecular flexibility index (Phi) is 7.36. The molecule has 0 spiro atoms. The van der Waals surface area contributed by atoms with Gasteiger partial charge >= 0.3 is 0 Å². The van der Waals surface area contributed by atoms with Gasteiger partial charge < -0.3 is 18.1 Å². The zero-order valence-electron chi connectivity index (χ0n) is 34.6. The number of rotatable bonds is 5. The first kappa shape index (κ1) is 35.0. The molecule has 0 saturated carbocycles. The summed E-state index contributed by atoms with van der Waals surface area (Å²) in [4.78, 5) is 0. The number of furan rings is 1. The molecule has 0 fully saturated rings. The number of nitrogens with zero attached hydrogens (tertiary/aromatic N) is 3. The lowest BCUT2D eigenvalue weighted by atomic mass is 9.89. The number of aromatic nitrogens is 3. The summed E-state index contributed by atoms with van der Waals surface area (Å²) in [5, 5.41) is 9.60. The Bertz CT molecular complexity index is 4180. The summed E-state index contributed by atoms with van der Waals surface area (Å²) in [7, 11) is 0. The molecule has 0 aliphatic rings. The number of hydrogen-bond acceptors (Lipinski definition) is 1. The zero-order valence-corrected chi connectivity index (χ0v) is 34.6. The Morgan fingerprint density at radius 1 is 0.266 bits per heavy atom. The van der Waals surface area contributed by atoms with Crippen LogP contribution in [0.4, 0.5) is 0 Å². The average molecular weight is 816 g/mol. The van der Waals surface area contributed by atoms with E-state index in [0.717, 1.165) is 44.6 Å². The third-order valence-electron chi connectivity index (χ3n) is 13.4. The van der Waals surface area contributed by atoms with Crippen LogP contribution in [0.5, 0.6) is 0 Å². The van der Waals surface area contributed by atoms with E-state index in [1.54, 1.807) is 0 Å². The molecular formula is C60H37N3O. The number of para-hydroxylation sites is 6. The molecule has 4 heteroatoms. The lowest BCUT2D eigenvalue weighted by Gasteiger charge is -2.15. The standard InChI is InChI=1S/C60H37N3O/c1-3-15-40(16-4-1)61-51-23-11-8-20-45(51)49-37-42(29-32-55(49)61)63-52-24-12-7-19-44(52)48-36-39(27-31-54(48)63)59-43(38-28-34-58-50(35-38)46-21-10-14-26-57(46)64-58)30-33-56-60(59)47-22-9-13-25-53(47)62(56)41-17-5-2-6-18-41/h1-37H. The summed E-state index contributed by atoms with van der Waals surface area (Å²) in [5.74, 6) is 0. The lowest BCUT2D eigenvalue weighted by molar-refractivity contribution is 0.669. The zero-order chi connectivity index (χ0) is 41.9. The largest absolute Gasteiger partial charge is 0.456 e. The summed E-state index contributed by atoms with van der Waals surface area (Å²) >= 11 is 0. The van der Waals surface area contributed by atoms with Gasteiger partial charge in [-0.2, -0.15) is 0 Å². The van der Waals surface area contributed by atoms with Gasteiger partial charge in [0.15, 0.2) is 0 Å². The Balaban J connectivity index is 1.04. The Hall–Kier alpha value is -8.60. The molecule has 0 amide bonds. The molecule has 14 aromatic rings. The minimum atomic E-state index is 0.894. The van der Waals surface area contributed by atoms with Crippen molar-refractivity contribution in [1.29, 1.82) is 0 Å². The minimum Gasteiger partial charge on any atom is -0.456 e. The second-order valence-corrected chi connectivity index (χ2v) is 16.9. The maximum absolute atomic E-state index is 6.33. The highest BCUT2D eigenvalue weighted by atomic mass is 16.3. The van der Waals surface area contributed by atoms with E-state index in [-0.39, 0.29) is 0 Å². The summed E-state index contributed by atoms with van der Waals surface area (Å²) in [5.41, 5.74) is 17.0. The Labute approximate surface area is 367 Å². The summed E-state index contributed by atoms with van der Waals surface area (Å²) in [6, 6.07) is 81.6. The second-order valence-electron chi connectivity index (χ2n) is 16.9. The van der Waals surface area contributed by atoms with Crippen molar-refractivity contribution in [2.45, 2.75) is 0 Å². The molecular weight excluding hydrogens is 779 g/mol. The van der Waals surface area contributed by atoms with Crippen LogP contribution in [0.2, 0.25) is 0 Å². The Morgan fingerprint density at radius 2 is 0.734 bits per heavy atom. The molecule has 64 heavy (non-hydrogen) atoms. The fraction of sp³-hybridized carbons (Fsp3) is 0. The van der Waals surface area contributed by atoms with Gasteiger partial charge in [0.1, 0.15) is 11.2 Å². The molecule has 0 aliphatic heterocycles. The van der Waals surface area contributed by atoms with Gasteiger partial charge in [-0.1, -0.05) is 127 Å². The molecule has 0 bridgehead atoms. The maximum Gasteiger partial charge on any atom is 0.135 e. The topological polar surface area (TPSA) is 27.9 Å². The number of hydrogen-bond donors (Lipinski definition) is 0. The van der Waals surface area contributed by atoms with Gasteiger partial charge in [0.25, 0.3) is 0 Å². The second kappa shape index (κ2) is 13.4. The molecule has 4 nitrogen and oxygen atoms in total. The van der Waals surface area contributed by atoms with Crippen LogP contribution in [0.25, 0.3) is 127 Å². The van der Waals surface area contributed by atoms with Crippen LogP contribution in [0.3, 0.4) is 0 Å². The smallest absolute Gasteiger partial charge is 0.135 e. The van der Waals surface area contributed by atoms with Crippen LogP contribution in [0.15, 0.2) is 229 Å². The fourth-order valence-corrected chi connectivity index (χ4v) is 10.7. The van der Waals surface area contributed by atoms with E-state index >= 15 is 0 Å². The van der Waals surface area contributed by atoms with Crippen LogP contribution < -0.4 is 0 Å². The van der Waals surface area contributed by atoms with Crippen molar-refractivity contribution < 1.29 is 4.42 Å². The number of benzene rings is 10. The van der Waals surface area contributed by atoms with Gasteiger partial charge in [0.05, 0.1) is 33.1 Å². The average Bonchev–Trinajstić information content (AvgIpc) is 4.10. The van der Waals surface area contributed by atoms with E-state index in [0.29, 0.717) is 0 Å². The first-order valence-electron chi connectivity index (χ1n) is 21.9. The van der Waals surface area contributed by atoms with Gasteiger partial charge in [0, 0.05) is 60.2 Å². The summed E-state index contributed by atoms with van der Waals surface area (Å²) in [6.45, 7) is 0. The summed E-state index contributed by atoms with van der Waals surface area (Å²) in [6.07, 6.45) is 0. The van der Waals surface area contributed by atoms with Crippen LogP contribution in [0, 0.1) is 0 Å². The van der Waals surface area contributed by atoms with E-state index in [9.17, 15) is 0 Å². The molecule has 14 rings (SSSR count). The molecule has 4 aromatic heterocycles. The van der Waals surface area contributed by atoms with Crippen LogP contribution in [-0.4, -0.2) is 13.7 Å². The van der Waals surface area contributed by atoms with Crippen molar-refractivity contribution in [2.75, 3.05) is 0 Å². The van der Waals surface area contributed by atoms with E-state index < -0.39 is 0 Å². The van der Waals surface area contributed by atoms with Crippen LogP contribution in [0.1, 0.15) is 0 Å². The molecule has 0 saturated heterocycles. The molecule has 0 radical (unpaired) electrons. The predicted molar refractivity (Wildman–Crippen MR) is 268 cm³/mol. The monoisotopic (exact) mass is 815 g/mol. The van der Waals surface area contributed by atoms with Crippen LogP contribution >= 0.6 is 0 Å². The SMILES string of the molecule is c1ccc(-n2c3ccccc3c3cc(-n4c5ccccc5c5cc(-c6c(-c7ccc8oc9ccccc9c8c7)ccc7c6c6ccccc6n7-c6ccccc6)ccc54)ccc32)cc1. The lowest BCUT2D eigenvalue weighted by Crippen LogP contribution is -1.96. The van der Waals surface area contributed by atoms with Crippen LogP contribution in [-0.2, 0) is 0 Å². The van der Waals surface area contributed by atoms with E-state index in [2.05, 4.69) is 232 Å². The van der Waals surface area contributed by atoms with Gasteiger partial charge in [-0.25, -0.2) is 0 Å². The maximum atomic E-state index is 6.33. The molecule has 0 unspecified atom stereocenters. The van der Waals surface area contributed by atoms with Gasteiger partial charge in [0.2, 0.25) is 0 Å². The predicted octanol–water partition coefficient (Wildman–Crippen LogP) is 16.2. The third kappa shape index (κ3) is 4.99. The minimum absolute atomic E-state index is 0.894. The molecule has 0 atom stereocenters. The highest BCUT2D eigenvalue weighted by Gasteiger charge is 2.23. The van der Waals surface area contributed by atoms with Gasteiger partial charge in [-0.15, -0.1) is 0 Å². The van der Waals surface area contributed by atoms with Gasteiger partial charge in [-0.05, 0) is 119 Å². The van der Waals surface area contributed by atoms with E-state index in [1.165, 1.54) is 82.1 Å². The van der Waals surface area contributed by atoms with Crippen molar-refractivity contribution >= 4 is 87.4 Å². The first-order valence-corrected chi connectivity index (χ1v) is 21.9.